The maximum atomic E-state index is 5.39. The summed E-state index contributed by atoms with van der Waals surface area (Å²) in [6.07, 6.45) is 1.15. The first-order chi connectivity index (χ1) is 7.68. The van der Waals surface area contributed by atoms with Crippen molar-refractivity contribution in [2.75, 3.05) is 46.1 Å². The number of ether oxygens (including phenoxy) is 2. The summed E-state index contributed by atoms with van der Waals surface area (Å²) in [5, 5.41) is 3.61. The van der Waals surface area contributed by atoms with Gasteiger partial charge in [-0.1, -0.05) is 0 Å². The summed E-state index contributed by atoms with van der Waals surface area (Å²) in [6.45, 7) is 11.3. The summed E-state index contributed by atoms with van der Waals surface area (Å²) in [5.74, 6) is 0. The highest BCUT2D eigenvalue weighted by molar-refractivity contribution is 4.87. The van der Waals surface area contributed by atoms with Gasteiger partial charge in [0.1, 0.15) is 0 Å². The molecule has 0 spiro atoms. The Morgan fingerprint density at radius 2 is 1.94 bits per heavy atom. The fraction of sp³-hybridized carbons (Fsp3) is 1.00. The van der Waals surface area contributed by atoms with Crippen molar-refractivity contribution in [3.63, 3.8) is 0 Å². The van der Waals surface area contributed by atoms with Gasteiger partial charge in [-0.2, -0.15) is 0 Å². The molecule has 0 radical (unpaired) electrons. The van der Waals surface area contributed by atoms with Crippen molar-refractivity contribution in [2.24, 2.45) is 0 Å². The first-order valence-corrected chi connectivity index (χ1v) is 6.32. The molecule has 0 aliphatic carbocycles. The topological polar surface area (TPSA) is 33.7 Å². The predicted molar refractivity (Wildman–Crippen MR) is 63.7 cm³/mol. The van der Waals surface area contributed by atoms with E-state index in [1.165, 1.54) is 0 Å². The minimum Gasteiger partial charge on any atom is -0.380 e. The standard InChI is InChI=1S/C12H24N2O2/c1-12(2,14-4-7-15-8-5-14)10-13-11-3-6-16-9-11/h11,13H,3-10H2,1-2H3. The average molecular weight is 228 g/mol. The van der Waals surface area contributed by atoms with Gasteiger partial charge >= 0.3 is 0 Å². The Bertz CT molecular complexity index is 209. The molecular formula is C12H24N2O2. The second kappa shape index (κ2) is 5.45. The molecule has 2 rings (SSSR count). The lowest BCUT2D eigenvalue weighted by Gasteiger charge is -2.41. The molecule has 4 heteroatoms. The van der Waals surface area contributed by atoms with E-state index < -0.39 is 0 Å². The zero-order chi connectivity index (χ0) is 11.4. The van der Waals surface area contributed by atoms with Crippen LogP contribution in [0.4, 0.5) is 0 Å². The van der Waals surface area contributed by atoms with E-state index in [9.17, 15) is 0 Å². The van der Waals surface area contributed by atoms with Gasteiger partial charge in [-0.15, -0.1) is 0 Å². The van der Waals surface area contributed by atoms with Gasteiger partial charge in [-0.3, -0.25) is 4.90 Å². The Kier molecular flexibility index (Phi) is 4.19. The highest BCUT2D eigenvalue weighted by atomic mass is 16.5. The van der Waals surface area contributed by atoms with Crippen molar-refractivity contribution in [2.45, 2.75) is 31.8 Å². The SMILES string of the molecule is CC(C)(CNC1CCOC1)N1CCOCC1. The van der Waals surface area contributed by atoms with E-state index in [4.69, 9.17) is 9.47 Å². The van der Waals surface area contributed by atoms with Crippen molar-refractivity contribution in [3.05, 3.63) is 0 Å². The first-order valence-electron chi connectivity index (χ1n) is 6.32. The van der Waals surface area contributed by atoms with Crippen molar-refractivity contribution in [1.29, 1.82) is 0 Å². The third-order valence-corrected chi connectivity index (χ3v) is 3.62. The lowest BCUT2D eigenvalue weighted by atomic mass is 10.0. The Morgan fingerprint density at radius 1 is 1.19 bits per heavy atom. The van der Waals surface area contributed by atoms with E-state index in [0.29, 0.717) is 6.04 Å². The molecule has 2 aliphatic heterocycles. The van der Waals surface area contributed by atoms with Crippen molar-refractivity contribution in [3.8, 4) is 0 Å². The van der Waals surface area contributed by atoms with Crippen LogP contribution in [0.1, 0.15) is 20.3 Å². The third kappa shape index (κ3) is 3.17. The highest BCUT2D eigenvalue weighted by Gasteiger charge is 2.29. The number of hydrogen-bond donors (Lipinski definition) is 1. The molecule has 2 fully saturated rings. The van der Waals surface area contributed by atoms with Gasteiger partial charge in [-0.05, 0) is 20.3 Å². The largest absolute Gasteiger partial charge is 0.380 e. The number of rotatable bonds is 4. The van der Waals surface area contributed by atoms with Crippen molar-refractivity contribution >= 4 is 0 Å². The lowest BCUT2D eigenvalue weighted by molar-refractivity contribution is -0.0104. The average Bonchev–Trinajstić information content (AvgIpc) is 2.81. The van der Waals surface area contributed by atoms with Crippen LogP contribution in [0.5, 0.6) is 0 Å². The maximum Gasteiger partial charge on any atom is 0.0620 e. The molecule has 16 heavy (non-hydrogen) atoms. The van der Waals surface area contributed by atoms with Crippen LogP contribution in [0.2, 0.25) is 0 Å². The number of morpholine rings is 1. The van der Waals surface area contributed by atoms with Gasteiger partial charge in [0.15, 0.2) is 0 Å². The number of nitrogens with zero attached hydrogens (tertiary/aromatic N) is 1. The summed E-state index contributed by atoms with van der Waals surface area (Å²) in [7, 11) is 0. The molecule has 0 aromatic heterocycles. The Morgan fingerprint density at radius 3 is 2.56 bits per heavy atom. The molecule has 0 amide bonds. The molecule has 2 heterocycles. The van der Waals surface area contributed by atoms with Gasteiger partial charge in [-0.25, -0.2) is 0 Å². The molecule has 1 atom stereocenters. The van der Waals surface area contributed by atoms with E-state index >= 15 is 0 Å². The Balaban J connectivity index is 1.76. The molecule has 1 unspecified atom stereocenters. The van der Waals surface area contributed by atoms with Crippen LogP contribution in [0, 0.1) is 0 Å². The molecule has 1 N–H and O–H groups in total. The van der Waals surface area contributed by atoms with E-state index in [1.54, 1.807) is 0 Å². The van der Waals surface area contributed by atoms with Gasteiger partial charge < -0.3 is 14.8 Å². The summed E-state index contributed by atoms with van der Waals surface area (Å²) < 4.78 is 10.8. The molecular weight excluding hydrogens is 204 g/mol. The predicted octanol–water partition coefficient (Wildman–Crippen LogP) is 0.476. The third-order valence-electron chi connectivity index (χ3n) is 3.62. The molecule has 0 aromatic rings. The van der Waals surface area contributed by atoms with E-state index in [1.807, 2.05) is 0 Å². The molecule has 0 bridgehead atoms. The normalized spacial score (nSPS) is 28.5. The van der Waals surface area contributed by atoms with Crippen LogP contribution < -0.4 is 5.32 Å². The van der Waals surface area contributed by atoms with Gasteiger partial charge in [0.25, 0.3) is 0 Å². The molecule has 2 saturated heterocycles. The number of hydrogen-bond acceptors (Lipinski definition) is 4. The maximum absolute atomic E-state index is 5.39. The van der Waals surface area contributed by atoms with Crippen molar-refractivity contribution < 1.29 is 9.47 Å². The second-order valence-electron chi connectivity index (χ2n) is 5.35. The molecule has 2 aliphatic rings. The van der Waals surface area contributed by atoms with E-state index in [0.717, 1.165) is 52.5 Å². The summed E-state index contributed by atoms with van der Waals surface area (Å²) in [4.78, 5) is 2.51. The molecule has 0 aromatic carbocycles. The minimum atomic E-state index is 0.215. The smallest absolute Gasteiger partial charge is 0.0620 e. The quantitative estimate of drug-likeness (QED) is 0.758. The van der Waals surface area contributed by atoms with Crippen LogP contribution in [0.15, 0.2) is 0 Å². The van der Waals surface area contributed by atoms with Crippen LogP contribution in [0.25, 0.3) is 0 Å². The number of nitrogens with one attached hydrogen (secondary N) is 1. The zero-order valence-corrected chi connectivity index (χ0v) is 10.5. The minimum absolute atomic E-state index is 0.215. The van der Waals surface area contributed by atoms with E-state index in [2.05, 4.69) is 24.1 Å². The summed E-state index contributed by atoms with van der Waals surface area (Å²) in [6, 6.07) is 0.556. The fourth-order valence-corrected chi connectivity index (χ4v) is 2.37. The van der Waals surface area contributed by atoms with Crippen LogP contribution in [-0.4, -0.2) is 62.5 Å². The van der Waals surface area contributed by atoms with Crippen molar-refractivity contribution in [1.82, 2.24) is 10.2 Å². The molecule has 0 saturated carbocycles. The molecule has 4 nitrogen and oxygen atoms in total. The monoisotopic (exact) mass is 228 g/mol. The lowest BCUT2D eigenvalue weighted by Crippen LogP contribution is -2.55. The first kappa shape index (κ1) is 12.3. The van der Waals surface area contributed by atoms with E-state index in [-0.39, 0.29) is 5.54 Å². The Hall–Kier alpha value is -0.160. The second-order valence-corrected chi connectivity index (χ2v) is 5.35. The fourth-order valence-electron chi connectivity index (χ4n) is 2.37. The van der Waals surface area contributed by atoms with Gasteiger partial charge in [0.2, 0.25) is 0 Å². The summed E-state index contributed by atoms with van der Waals surface area (Å²) >= 11 is 0. The highest BCUT2D eigenvalue weighted by Crippen LogP contribution is 2.16. The van der Waals surface area contributed by atoms with Crippen LogP contribution in [0.3, 0.4) is 0 Å². The van der Waals surface area contributed by atoms with Gasteiger partial charge in [0, 0.05) is 37.8 Å². The molecule has 94 valence electrons. The van der Waals surface area contributed by atoms with Crippen LogP contribution in [-0.2, 0) is 9.47 Å². The summed E-state index contributed by atoms with van der Waals surface area (Å²) in [5.41, 5.74) is 0.215. The Labute approximate surface area is 98.3 Å². The zero-order valence-electron chi connectivity index (χ0n) is 10.5. The van der Waals surface area contributed by atoms with Crippen LogP contribution >= 0.6 is 0 Å². The van der Waals surface area contributed by atoms with Gasteiger partial charge in [0.05, 0.1) is 19.8 Å².